The van der Waals surface area contributed by atoms with Crippen molar-refractivity contribution in [2.24, 2.45) is 80.7 Å². The number of hydrogen-bond acceptors (Lipinski definition) is 9. The molecule has 1 aromatic carbocycles. The summed E-state index contributed by atoms with van der Waals surface area (Å²) in [7, 11) is 0. The summed E-state index contributed by atoms with van der Waals surface area (Å²) < 4.78 is 5.83. The molecule has 1 saturated heterocycles. The number of ketones is 1. The zero-order valence-corrected chi connectivity index (χ0v) is 40.7. The summed E-state index contributed by atoms with van der Waals surface area (Å²) in [5.41, 5.74) is 4.01. The van der Waals surface area contributed by atoms with Crippen molar-refractivity contribution in [1.29, 1.82) is 0 Å². The van der Waals surface area contributed by atoms with Crippen molar-refractivity contribution < 1.29 is 39.9 Å². The van der Waals surface area contributed by atoms with Gasteiger partial charge in [0.2, 0.25) is 0 Å². The van der Waals surface area contributed by atoms with Crippen molar-refractivity contribution >= 4 is 17.7 Å². The first kappa shape index (κ1) is 49.4. The van der Waals surface area contributed by atoms with Crippen LogP contribution in [0.5, 0.6) is 0 Å². The Morgan fingerprint density at radius 1 is 1.01 bits per heavy atom. The molecule has 6 aliphatic rings. The third-order valence-corrected chi connectivity index (χ3v) is 18.6. The molecule has 12 heteroatoms. The van der Waals surface area contributed by atoms with Crippen LogP contribution in [0.1, 0.15) is 129 Å². The van der Waals surface area contributed by atoms with Crippen LogP contribution < -0.4 is 11.1 Å². The number of hydrogen-bond donors (Lipinski definition) is 8. The van der Waals surface area contributed by atoms with Gasteiger partial charge in [-0.25, -0.2) is 4.99 Å². The molecule has 1 aliphatic heterocycles. The first-order valence-corrected chi connectivity index (χ1v) is 25.4. The van der Waals surface area contributed by atoms with Gasteiger partial charge in [0.05, 0.1) is 48.6 Å². The van der Waals surface area contributed by atoms with Crippen LogP contribution in [0.2, 0.25) is 0 Å². The second-order valence-electron chi connectivity index (χ2n) is 22.9. The molecule has 67 heavy (non-hydrogen) atoms. The molecule has 17 atom stereocenters. The van der Waals surface area contributed by atoms with Gasteiger partial charge in [-0.05, 0) is 134 Å². The average Bonchev–Trinajstić information content (AvgIpc) is 4.01. The van der Waals surface area contributed by atoms with Crippen LogP contribution in [-0.4, -0.2) is 90.9 Å². The summed E-state index contributed by atoms with van der Waals surface area (Å²) in [6.07, 6.45) is 7.64. The molecular weight excluding hydrogens is 845 g/mol. The number of aromatic amines is 1. The van der Waals surface area contributed by atoms with E-state index in [1.165, 1.54) is 0 Å². The number of nitrogens with zero attached hydrogens (tertiary/aromatic N) is 1. The zero-order chi connectivity index (χ0) is 48.1. The van der Waals surface area contributed by atoms with Crippen LogP contribution in [0, 0.1) is 81.8 Å². The number of nitrogens with one attached hydrogen (secondary N) is 2. The first-order chi connectivity index (χ1) is 31.8. The van der Waals surface area contributed by atoms with Crippen molar-refractivity contribution in [3.05, 3.63) is 71.6 Å². The number of H-pyrrole nitrogens is 1. The summed E-state index contributed by atoms with van der Waals surface area (Å²) in [5.74, 6) is 5.48. The molecule has 0 radical (unpaired) electrons. The number of nitrogens with two attached hydrogens (primary N) is 1. The van der Waals surface area contributed by atoms with Crippen molar-refractivity contribution in [1.82, 2.24) is 10.3 Å². The number of aromatic nitrogens is 1. The minimum atomic E-state index is -1.69. The number of aliphatic hydroxyl groups is 5. The molecular formula is C55H78N4O8. The standard InChI is InChI=1S/C55H78N4O8/c1-32(2)15-16-36-24-37(40-31-67-50(64)48(40)39-18-21-57-30-39)13-10-14-38-27-55(66)42-25-44(60)43-26-45(61)46(62)28-52(43,5)41(42)17-19-54(55,49(38)53(6,65)47(63)23-33(3)34(36)4)20-22-58-51(56)59-29-35-11-8-7-9-12-35/h7-9,11-12,18,21,25,30,32-34,36-38,40-41,43,45-49,57,61-63,65-66H,14-17,19-20,22-24,26-29,31H2,1-6H3,(H3,56,58,59)/t33-,34+,36-,37-,38+,40+,41+,43+,45-,46+,47-,48-,49-,52-,53+,54+,55-/m1/s1. The molecule has 5 aliphatic carbocycles. The lowest BCUT2D eigenvalue weighted by atomic mass is 9.44. The highest BCUT2D eigenvalue weighted by atomic mass is 16.5. The van der Waals surface area contributed by atoms with E-state index in [1.54, 1.807) is 13.0 Å². The van der Waals surface area contributed by atoms with E-state index in [0.717, 1.165) is 30.4 Å². The number of carbonyl (C=O) groups excluding carboxylic acids is 2. The van der Waals surface area contributed by atoms with Crippen molar-refractivity contribution in [2.45, 2.75) is 154 Å². The average molecular weight is 923 g/mol. The third-order valence-electron chi connectivity index (χ3n) is 18.6. The fraction of sp³-hybridized carbons (Fsp3) is 0.691. The number of aliphatic hydroxyl groups excluding tert-OH is 3. The minimum absolute atomic E-state index is 0.00582. The first-order valence-electron chi connectivity index (χ1n) is 25.4. The molecule has 3 saturated carbocycles. The summed E-state index contributed by atoms with van der Waals surface area (Å²) in [5, 5.41) is 65.1. The lowest BCUT2D eigenvalue weighted by molar-refractivity contribution is -0.189. The van der Waals surface area contributed by atoms with E-state index in [-0.39, 0.29) is 79.1 Å². The lowest BCUT2D eigenvalue weighted by Gasteiger charge is -2.61. The number of benzene rings is 1. The van der Waals surface area contributed by atoms with Gasteiger partial charge >= 0.3 is 5.97 Å². The van der Waals surface area contributed by atoms with Crippen LogP contribution in [0.3, 0.4) is 0 Å². The molecule has 366 valence electrons. The third kappa shape index (κ3) is 9.17. The lowest BCUT2D eigenvalue weighted by Crippen LogP contribution is -2.64. The Bertz CT molecular complexity index is 2200. The highest BCUT2D eigenvalue weighted by Gasteiger charge is 2.73. The SMILES string of the molecule is CC(C)CC[C@@H]1C[C@H]([C@@H]2COC(=O)[C@@H]2c2cc[nH]c2)C#CC[C@H]2C[C@@]3(O)C4=CC(=O)[C@@H]5C[C@@H](O)[C@@H](O)C[C@]5(C)[C@H]4CC[C@]3(CCNC(N)=NCc3ccccc3)[C@H]2[C@@](C)(O)[C@H](O)C[C@@H](C)[C@@H]1C. The van der Waals surface area contributed by atoms with E-state index in [0.29, 0.717) is 56.7 Å². The fourth-order valence-corrected chi connectivity index (χ4v) is 14.8. The highest BCUT2D eigenvalue weighted by Crippen LogP contribution is 2.71. The Kier molecular flexibility index (Phi) is 14.3. The number of carbonyl (C=O) groups is 2. The molecule has 0 bridgehead atoms. The number of cyclic esters (lactones) is 1. The zero-order valence-electron chi connectivity index (χ0n) is 40.7. The number of fused-ring (bicyclic) bond motifs is 7. The van der Waals surface area contributed by atoms with Crippen molar-refractivity contribution in [2.75, 3.05) is 13.2 Å². The van der Waals surface area contributed by atoms with E-state index < -0.39 is 64.0 Å². The number of rotatable bonds is 10. The maximum absolute atomic E-state index is 14.4. The van der Waals surface area contributed by atoms with Gasteiger partial charge in [-0.2, -0.15) is 0 Å². The molecule has 4 fully saturated rings. The summed E-state index contributed by atoms with van der Waals surface area (Å²) in [6.45, 7) is 13.7. The van der Waals surface area contributed by atoms with E-state index in [4.69, 9.17) is 10.5 Å². The van der Waals surface area contributed by atoms with E-state index >= 15 is 0 Å². The Morgan fingerprint density at radius 3 is 2.49 bits per heavy atom. The molecule has 1 aromatic heterocycles. The predicted octanol–water partition coefficient (Wildman–Crippen LogP) is 6.42. The molecule has 0 unspecified atom stereocenters. The molecule has 2 heterocycles. The van der Waals surface area contributed by atoms with Gasteiger partial charge in [0.15, 0.2) is 11.7 Å². The van der Waals surface area contributed by atoms with Gasteiger partial charge in [-0.15, -0.1) is 5.92 Å². The van der Waals surface area contributed by atoms with Gasteiger partial charge in [0.1, 0.15) is 0 Å². The number of esters is 1. The molecule has 0 spiro atoms. The summed E-state index contributed by atoms with van der Waals surface area (Å²) in [4.78, 5) is 35.6. The van der Waals surface area contributed by atoms with Crippen molar-refractivity contribution in [3.8, 4) is 11.8 Å². The summed E-state index contributed by atoms with van der Waals surface area (Å²) in [6, 6.07) is 11.8. The van der Waals surface area contributed by atoms with Crippen LogP contribution in [-0.2, 0) is 20.9 Å². The van der Waals surface area contributed by atoms with Crippen LogP contribution in [0.4, 0.5) is 0 Å². The highest BCUT2D eigenvalue weighted by molar-refractivity contribution is 5.95. The smallest absolute Gasteiger partial charge is 0.313 e. The van der Waals surface area contributed by atoms with Gasteiger partial charge in [0, 0.05) is 54.4 Å². The molecule has 8 rings (SSSR count). The normalized spacial score (nSPS) is 42.4. The molecule has 9 N–H and O–H groups in total. The van der Waals surface area contributed by atoms with Crippen molar-refractivity contribution in [3.63, 3.8) is 0 Å². The Hall–Kier alpha value is -3.99. The second-order valence-corrected chi connectivity index (χ2v) is 22.9. The Labute approximate surface area is 398 Å². The van der Waals surface area contributed by atoms with E-state index in [2.05, 4.69) is 54.8 Å². The van der Waals surface area contributed by atoms with Crippen LogP contribution in [0.25, 0.3) is 0 Å². The maximum atomic E-state index is 14.4. The maximum Gasteiger partial charge on any atom is 0.313 e. The van der Waals surface area contributed by atoms with E-state index in [1.807, 2.05) is 55.7 Å². The van der Waals surface area contributed by atoms with Crippen LogP contribution >= 0.6 is 0 Å². The molecule has 2 aromatic rings. The van der Waals surface area contributed by atoms with Gasteiger partial charge in [-0.3, -0.25) is 9.59 Å². The fourth-order valence-electron chi connectivity index (χ4n) is 14.8. The molecule has 0 amide bonds. The van der Waals surface area contributed by atoms with Crippen LogP contribution in [0.15, 0.2) is 65.4 Å². The Balaban J connectivity index is 1.22. The van der Waals surface area contributed by atoms with Gasteiger partial charge in [-0.1, -0.05) is 77.3 Å². The van der Waals surface area contributed by atoms with E-state index in [9.17, 15) is 35.1 Å². The largest absolute Gasteiger partial charge is 0.465 e. The summed E-state index contributed by atoms with van der Waals surface area (Å²) >= 11 is 0. The number of ether oxygens (including phenoxy) is 1. The van der Waals surface area contributed by atoms with Gasteiger partial charge in [0.25, 0.3) is 0 Å². The van der Waals surface area contributed by atoms with Gasteiger partial charge < -0.3 is 46.3 Å². The number of allylic oxidation sites excluding steroid dienone is 1. The number of aliphatic imine (C=N–C) groups is 1. The quantitative estimate of drug-likeness (QED) is 0.0568. The Morgan fingerprint density at radius 2 is 1.78 bits per heavy atom. The molecule has 12 nitrogen and oxygen atoms in total. The minimum Gasteiger partial charge on any atom is -0.465 e. The second kappa shape index (κ2) is 19.4. The monoisotopic (exact) mass is 923 g/mol. The number of guanidine groups is 1. The topological polar surface area (TPSA) is 211 Å². The predicted molar refractivity (Wildman–Crippen MR) is 258 cm³/mol.